The number of hydrogen-bond donors (Lipinski definition) is 2. The molecule has 0 bridgehead atoms. The summed E-state index contributed by atoms with van der Waals surface area (Å²) in [6.07, 6.45) is 2.87. The summed E-state index contributed by atoms with van der Waals surface area (Å²) < 4.78 is 19.0. The van der Waals surface area contributed by atoms with Gasteiger partial charge in [-0.05, 0) is 30.3 Å². The third kappa shape index (κ3) is 2.70. The highest BCUT2D eigenvalue weighted by Crippen LogP contribution is 2.37. The van der Waals surface area contributed by atoms with E-state index in [0.29, 0.717) is 29.3 Å². The first kappa shape index (κ1) is 15.0. The van der Waals surface area contributed by atoms with E-state index in [1.807, 2.05) is 12.2 Å². The van der Waals surface area contributed by atoms with Crippen LogP contribution in [0.25, 0.3) is 17.3 Å². The van der Waals surface area contributed by atoms with Crippen LogP contribution in [0.5, 0.6) is 5.75 Å². The second kappa shape index (κ2) is 6.04. The molecule has 0 fully saturated rings. The lowest BCUT2D eigenvalue weighted by atomic mass is 10.0. The lowest BCUT2D eigenvalue weighted by Gasteiger charge is -2.19. The quantitative estimate of drug-likeness (QED) is 0.912. The Hall–Kier alpha value is -1.95. The van der Waals surface area contributed by atoms with Crippen molar-refractivity contribution in [3.8, 4) is 17.0 Å². The zero-order valence-corrected chi connectivity index (χ0v) is 12.3. The number of pyridine rings is 1. The van der Waals surface area contributed by atoms with E-state index in [2.05, 4.69) is 4.98 Å². The molecule has 2 heterocycles. The Morgan fingerprint density at radius 1 is 1.41 bits per heavy atom. The van der Waals surface area contributed by atoms with Crippen LogP contribution >= 0.6 is 11.6 Å². The first-order valence-electron chi connectivity index (χ1n) is 6.78. The fourth-order valence-corrected chi connectivity index (χ4v) is 2.47. The van der Waals surface area contributed by atoms with Gasteiger partial charge in [0.1, 0.15) is 24.2 Å². The number of aliphatic hydroxyl groups is 1. The zero-order valence-electron chi connectivity index (χ0n) is 11.6. The highest BCUT2D eigenvalue weighted by atomic mass is 35.5. The van der Waals surface area contributed by atoms with Crippen LogP contribution in [0.3, 0.4) is 0 Å². The normalized spacial score (nSPS) is 14.4. The van der Waals surface area contributed by atoms with Gasteiger partial charge in [-0.1, -0.05) is 17.7 Å². The predicted molar refractivity (Wildman–Crippen MR) is 83.2 cm³/mol. The van der Waals surface area contributed by atoms with Gasteiger partial charge in [0.25, 0.3) is 0 Å². The van der Waals surface area contributed by atoms with Gasteiger partial charge < -0.3 is 15.6 Å². The van der Waals surface area contributed by atoms with Crippen molar-refractivity contribution in [2.24, 2.45) is 5.73 Å². The molecular formula is C16H14ClFN2O2. The van der Waals surface area contributed by atoms with E-state index < -0.39 is 11.9 Å². The van der Waals surface area contributed by atoms with Gasteiger partial charge in [-0.2, -0.15) is 0 Å². The van der Waals surface area contributed by atoms with E-state index in [4.69, 9.17) is 22.1 Å². The number of nitrogens with zero attached hydrogens (tertiary/aromatic N) is 1. The van der Waals surface area contributed by atoms with Gasteiger partial charge >= 0.3 is 0 Å². The van der Waals surface area contributed by atoms with E-state index >= 15 is 0 Å². The van der Waals surface area contributed by atoms with Crippen molar-refractivity contribution in [1.29, 1.82) is 0 Å². The highest BCUT2D eigenvalue weighted by molar-refractivity contribution is 6.31. The van der Waals surface area contributed by atoms with Gasteiger partial charge in [0.15, 0.2) is 5.75 Å². The van der Waals surface area contributed by atoms with Crippen molar-refractivity contribution < 1.29 is 14.2 Å². The molecule has 6 heteroatoms. The Kier molecular flexibility index (Phi) is 4.11. The summed E-state index contributed by atoms with van der Waals surface area (Å²) in [5.41, 5.74) is 7.85. The predicted octanol–water partition coefficient (Wildman–Crippen LogP) is 2.94. The van der Waals surface area contributed by atoms with Crippen LogP contribution in [-0.4, -0.2) is 23.2 Å². The SMILES string of the molecule is NCC(O)c1cc2c(c(-c3ccc(F)c(Cl)c3)n1)OCC=C2. The summed E-state index contributed by atoms with van der Waals surface area (Å²) in [5, 5.41) is 9.97. The van der Waals surface area contributed by atoms with Crippen LogP contribution in [0, 0.1) is 5.82 Å². The fourth-order valence-electron chi connectivity index (χ4n) is 2.29. The maximum Gasteiger partial charge on any atom is 0.153 e. The van der Waals surface area contributed by atoms with E-state index in [1.54, 1.807) is 12.1 Å². The molecule has 0 spiro atoms. The molecule has 0 amide bonds. The number of rotatable bonds is 3. The van der Waals surface area contributed by atoms with E-state index in [1.165, 1.54) is 12.1 Å². The van der Waals surface area contributed by atoms with Crippen molar-refractivity contribution in [1.82, 2.24) is 4.98 Å². The summed E-state index contributed by atoms with van der Waals surface area (Å²) in [5.74, 6) is 0.0800. The molecule has 114 valence electrons. The zero-order chi connectivity index (χ0) is 15.7. The van der Waals surface area contributed by atoms with Crippen LogP contribution in [-0.2, 0) is 0 Å². The third-order valence-corrected chi connectivity index (χ3v) is 3.69. The Bertz CT molecular complexity index is 749. The second-order valence-corrected chi connectivity index (χ2v) is 5.32. The number of aromatic nitrogens is 1. The Balaban J connectivity index is 2.20. The topological polar surface area (TPSA) is 68.4 Å². The van der Waals surface area contributed by atoms with Crippen LogP contribution in [0.1, 0.15) is 17.4 Å². The molecule has 1 aliphatic rings. The molecular weight excluding hydrogens is 307 g/mol. The molecule has 0 aliphatic carbocycles. The van der Waals surface area contributed by atoms with E-state index in [9.17, 15) is 9.50 Å². The number of benzene rings is 1. The standard InChI is InChI=1S/C16H14ClFN2O2/c17-11-6-9(3-4-12(11)18)15-16-10(2-1-5-22-16)7-13(20-15)14(21)8-19/h1-4,6-7,14,21H,5,8,19H2. The molecule has 0 saturated carbocycles. The third-order valence-electron chi connectivity index (χ3n) is 3.40. The Morgan fingerprint density at radius 2 is 2.23 bits per heavy atom. The van der Waals surface area contributed by atoms with Crippen molar-refractivity contribution in [2.45, 2.75) is 6.10 Å². The van der Waals surface area contributed by atoms with Crippen LogP contribution in [0.15, 0.2) is 30.3 Å². The highest BCUT2D eigenvalue weighted by Gasteiger charge is 2.19. The number of halogens is 2. The van der Waals surface area contributed by atoms with Crippen LogP contribution < -0.4 is 10.5 Å². The molecule has 4 nitrogen and oxygen atoms in total. The lowest BCUT2D eigenvalue weighted by molar-refractivity contribution is 0.182. The van der Waals surface area contributed by atoms with Crippen LogP contribution in [0.2, 0.25) is 5.02 Å². The average Bonchev–Trinajstić information content (AvgIpc) is 2.55. The van der Waals surface area contributed by atoms with Crippen molar-refractivity contribution in [3.63, 3.8) is 0 Å². The average molecular weight is 321 g/mol. The molecule has 1 aromatic heterocycles. The summed E-state index contributed by atoms with van der Waals surface area (Å²) in [4.78, 5) is 4.43. The van der Waals surface area contributed by atoms with Gasteiger partial charge in [0, 0.05) is 17.7 Å². The van der Waals surface area contributed by atoms with Gasteiger partial charge in [0.05, 0.1) is 10.7 Å². The number of fused-ring (bicyclic) bond motifs is 1. The first-order valence-corrected chi connectivity index (χ1v) is 7.15. The number of nitrogens with two attached hydrogens (primary N) is 1. The number of ether oxygens (including phenoxy) is 1. The summed E-state index contributed by atoms with van der Waals surface area (Å²) >= 11 is 5.85. The van der Waals surface area contributed by atoms with Crippen molar-refractivity contribution >= 4 is 17.7 Å². The molecule has 1 aromatic carbocycles. The largest absolute Gasteiger partial charge is 0.487 e. The maximum atomic E-state index is 13.4. The summed E-state index contributed by atoms with van der Waals surface area (Å²) in [6.45, 7) is 0.482. The van der Waals surface area contributed by atoms with Gasteiger partial charge in [-0.3, -0.25) is 0 Å². The van der Waals surface area contributed by atoms with Crippen molar-refractivity contribution in [3.05, 3.63) is 52.4 Å². The van der Waals surface area contributed by atoms with E-state index in [0.717, 1.165) is 5.56 Å². The molecule has 22 heavy (non-hydrogen) atoms. The number of aliphatic hydroxyl groups excluding tert-OH is 1. The molecule has 1 unspecified atom stereocenters. The first-order chi connectivity index (χ1) is 10.6. The smallest absolute Gasteiger partial charge is 0.153 e. The minimum atomic E-state index is -0.879. The Morgan fingerprint density at radius 3 is 2.95 bits per heavy atom. The number of hydrogen-bond acceptors (Lipinski definition) is 4. The van der Waals surface area contributed by atoms with Crippen LogP contribution in [0.4, 0.5) is 4.39 Å². The van der Waals surface area contributed by atoms with E-state index in [-0.39, 0.29) is 11.6 Å². The lowest BCUT2D eigenvalue weighted by Crippen LogP contribution is -2.14. The van der Waals surface area contributed by atoms with Gasteiger partial charge in [-0.15, -0.1) is 0 Å². The van der Waals surface area contributed by atoms with Crippen molar-refractivity contribution in [2.75, 3.05) is 13.2 Å². The molecule has 1 atom stereocenters. The summed E-state index contributed by atoms with van der Waals surface area (Å²) in [6, 6.07) is 6.07. The molecule has 2 aromatic rings. The molecule has 1 aliphatic heterocycles. The minimum absolute atomic E-state index is 0.00387. The maximum absolute atomic E-state index is 13.4. The van der Waals surface area contributed by atoms with Gasteiger partial charge in [0.2, 0.25) is 0 Å². The second-order valence-electron chi connectivity index (χ2n) is 4.91. The fraction of sp³-hybridized carbons (Fsp3) is 0.188. The molecule has 0 saturated heterocycles. The summed E-state index contributed by atoms with van der Waals surface area (Å²) in [7, 11) is 0. The monoisotopic (exact) mass is 320 g/mol. The Labute approximate surface area is 132 Å². The minimum Gasteiger partial charge on any atom is -0.487 e. The molecule has 0 radical (unpaired) electrons. The molecule has 3 N–H and O–H groups in total. The van der Waals surface area contributed by atoms with Gasteiger partial charge in [-0.25, -0.2) is 9.37 Å². The molecule has 3 rings (SSSR count).